The normalized spacial score (nSPS) is 22.3. The van der Waals surface area contributed by atoms with Crippen molar-refractivity contribution in [2.45, 2.75) is 13.3 Å². The molecule has 0 saturated carbocycles. The quantitative estimate of drug-likeness (QED) is 0.589. The summed E-state index contributed by atoms with van der Waals surface area (Å²) in [6.07, 6.45) is 4.51. The van der Waals surface area contributed by atoms with Gasteiger partial charge in [-0.3, -0.25) is 19.3 Å². The van der Waals surface area contributed by atoms with E-state index in [-0.39, 0.29) is 35.5 Å². The summed E-state index contributed by atoms with van der Waals surface area (Å²) in [4.78, 5) is 40.1. The molecule has 0 unspecified atom stereocenters. The number of carbonyl (C=O) groups excluding carboxylic acids is 3. The topological polar surface area (TPSA) is 84.9 Å². The SMILES string of the molecule is COc1ccc(OC)c(NC(=O)c2cccc(N3C(=O)[C@H]4[C@H](C)C=CC[C@H]4C3=O)c2)c1. The molecular formula is C24H24N2O5. The number of nitrogens with zero attached hydrogens (tertiary/aromatic N) is 1. The second kappa shape index (κ2) is 8.26. The van der Waals surface area contributed by atoms with Crippen LogP contribution in [0.1, 0.15) is 23.7 Å². The number of amides is 3. The van der Waals surface area contributed by atoms with Crippen molar-refractivity contribution in [1.29, 1.82) is 0 Å². The van der Waals surface area contributed by atoms with Crippen molar-refractivity contribution >= 4 is 29.1 Å². The van der Waals surface area contributed by atoms with Crippen LogP contribution in [0.4, 0.5) is 11.4 Å². The highest BCUT2D eigenvalue weighted by atomic mass is 16.5. The second-order valence-corrected chi connectivity index (χ2v) is 7.74. The standard InChI is InChI=1S/C24H24N2O5/c1-14-6-4-9-18-21(14)24(29)26(23(18)28)16-8-5-7-15(12-16)22(27)25-19-13-17(30-2)10-11-20(19)31-3/h4-8,10-14,18,21H,9H2,1-3H3,(H,25,27)/t14-,18-,21+/m1/s1. The summed E-state index contributed by atoms with van der Waals surface area (Å²) in [5.41, 5.74) is 1.18. The molecule has 1 aliphatic heterocycles. The summed E-state index contributed by atoms with van der Waals surface area (Å²) < 4.78 is 10.5. The van der Waals surface area contributed by atoms with Crippen LogP contribution in [0.5, 0.6) is 11.5 Å². The lowest BCUT2D eigenvalue weighted by Crippen LogP contribution is -2.31. The van der Waals surface area contributed by atoms with E-state index in [1.165, 1.54) is 19.1 Å². The highest BCUT2D eigenvalue weighted by Gasteiger charge is 2.50. The fourth-order valence-electron chi connectivity index (χ4n) is 4.29. The van der Waals surface area contributed by atoms with E-state index in [1.807, 2.05) is 19.1 Å². The van der Waals surface area contributed by atoms with Crippen LogP contribution in [-0.4, -0.2) is 31.9 Å². The second-order valence-electron chi connectivity index (χ2n) is 7.74. The van der Waals surface area contributed by atoms with Gasteiger partial charge in [0, 0.05) is 11.6 Å². The van der Waals surface area contributed by atoms with Gasteiger partial charge in [-0.05, 0) is 42.7 Å². The molecule has 3 amide bonds. The van der Waals surface area contributed by atoms with E-state index in [1.54, 1.807) is 42.5 Å². The fraction of sp³-hybridized carbons (Fsp3) is 0.292. The van der Waals surface area contributed by atoms with E-state index in [4.69, 9.17) is 9.47 Å². The molecule has 1 saturated heterocycles. The molecule has 1 fully saturated rings. The molecule has 3 atom stereocenters. The van der Waals surface area contributed by atoms with Gasteiger partial charge in [0.25, 0.3) is 5.91 Å². The monoisotopic (exact) mass is 420 g/mol. The summed E-state index contributed by atoms with van der Waals surface area (Å²) in [6.45, 7) is 1.95. The molecule has 0 aromatic heterocycles. The molecule has 0 bridgehead atoms. The molecule has 1 N–H and O–H groups in total. The van der Waals surface area contributed by atoms with Gasteiger partial charge in [0.1, 0.15) is 11.5 Å². The molecule has 31 heavy (non-hydrogen) atoms. The minimum absolute atomic E-state index is 0.00667. The summed E-state index contributed by atoms with van der Waals surface area (Å²) in [7, 11) is 3.05. The molecule has 2 aromatic carbocycles. The zero-order valence-electron chi connectivity index (χ0n) is 17.6. The first-order chi connectivity index (χ1) is 14.9. The lowest BCUT2D eigenvalue weighted by molar-refractivity contribution is -0.122. The van der Waals surface area contributed by atoms with Gasteiger partial charge < -0.3 is 14.8 Å². The Morgan fingerprint density at radius 1 is 1.06 bits per heavy atom. The Bertz CT molecular complexity index is 1080. The third kappa shape index (κ3) is 3.67. The number of rotatable bonds is 5. The van der Waals surface area contributed by atoms with Gasteiger partial charge in [0.15, 0.2) is 0 Å². The van der Waals surface area contributed by atoms with Crippen molar-refractivity contribution in [1.82, 2.24) is 0 Å². The number of anilines is 2. The van der Waals surface area contributed by atoms with Crippen molar-refractivity contribution in [3.05, 3.63) is 60.2 Å². The first kappa shape index (κ1) is 20.7. The molecule has 7 nitrogen and oxygen atoms in total. The van der Waals surface area contributed by atoms with E-state index in [9.17, 15) is 14.4 Å². The molecule has 2 aromatic rings. The number of imide groups is 1. The molecule has 1 aliphatic carbocycles. The molecule has 7 heteroatoms. The minimum Gasteiger partial charge on any atom is -0.497 e. The van der Waals surface area contributed by atoms with Crippen LogP contribution in [0.2, 0.25) is 0 Å². The lowest BCUT2D eigenvalue weighted by Gasteiger charge is -2.22. The number of ether oxygens (including phenoxy) is 2. The van der Waals surface area contributed by atoms with Crippen molar-refractivity contribution < 1.29 is 23.9 Å². The predicted octanol–water partition coefficient (Wildman–Crippen LogP) is 3.66. The maximum atomic E-state index is 13.0. The smallest absolute Gasteiger partial charge is 0.255 e. The summed E-state index contributed by atoms with van der Waals surface area (Å²) in [6, 6.07) is 11.6. The molecule has 0 radical (unpaired) electrons. The van der Waals surface area contributed by atoms with Gasteiger partial charge in [0.05, 0.1) is 37.4 Å². The number of hydrogen-bond acceptors (Lipinski definition) is 5. The predicted molar refractivity (Wildman–Crippen MR) is 116 cm³/mol. The lowest BCUT2D eigenvalue weighted by atomic mass is 9.78. The largest absolute Gasteiger partial charge is 0.497 e. The number of carbonyl (C=O) groups is 3. The Hall–Kier alpha value is -3.61. The van der Waals surface area contributed by atoms with E-state index >= 15 is 0 Å². The van der Waals surface area contributed by atoms with E-state index in [0.29, 0.717) is 34.9 Å². The van der Waals surface area contributed by atoms with Crippen LogP contribution in [0, 0.1) is 17.8 Å². The Labute approximate surface area is 180 Å². The molecule has 160 valence electrons. The number of methoxy groups -OCH3 is 2. The van der Waals surface area contributed by atoms with Crippen LogP contribution < -0.4 is 19.7 Å². The third-order valence-corrected chi connectivity index (χ3v) is 5.89. The number of allylic oxidation sites excluding steroid dienone is 2. The van der Waals surface area contributed by atoms with Gasteiger partial charge >= 0.3 is 0 Å². The molecule has 1 heterocycles. The number of nitrogens with one attached hydrogen (secondary N) is 1. The zero-order valence-corrected chi connectivity index (χ0v) is 17.6. The van der Waals surface area contributed by atoms with Crippen molar-refractivity contribution in [2.75, 3.05) is 24.4 Å². The van der Waals surface area contributed by atoms with Crippen LogP contribution in [0.25, 0.3) is 0 Å². The van der Waals surface area contributed by atoms with Crippen molar-refractivity contribution in [3.8, 4) is 11.5 Å². The average Bonchev–Trinajstić information content (AvgIpc) is 3.04. The van der Waals surface area contributed by atoms with Crippen LogP contribution in [-0.2, 0) is 9.59 Å². The number of fused-ring (bicyclic) bond motifs is 1. The first-order valence-electron chi connectivity index (χ1n) is 10.1. The summed E-state index contributed by atoms with van der Waals surface area (Å²) >= 11 is 0. The summed E-state index contributed by atoms with van der Waals surface area (Å²) in [5.74, 6) is -0.435. The van der Waals surface area contributed by atoms with Crippen LogP contribution in [0.3, 0.4) is 0 Å². The number of hydrogen-bond donors (Lipinski definition) is 1. The average molecular weight is 420 g/mol. The van der Waals surface area contributed by atoms with Crippen LogP contribution in [0.15, 0.2) is 54.6 Å². The van der Waals surface area contributed by atoms with Crippen LogP contribution >= 0.6 is 0 Å². The Kier molecular flexibility index (Phi) is 5.50. The van der Waals surface area contributed by atoms with E-state index < -0.39 is 0 Å². The molecule has 4 rings (SSSR count). The highest BCUT2D eigenvalue weighted by molar-refractivity contribution is 6.22. The molecule has 0 spiro atoms. The van der Waals surface area contributed by atoms with Crippen molar-refractivity contribution in [2.24, 2.45) is 17.8 Å². The molecule has 2 aliphatic rings. The Morgan fingerprint density at radius 2 is 1.87 bits per heavy atom. The van der Waals surface area contributed by atoms with Gasteiger partial charge in [-0.2, -0.15) is 0 Å². The highest BCUT2D eigenvalue weighted by Crippen LogP contribution is 2.40. The fourth-order valence-corrected chi connectivity index (χ4v) is 4.29. The maximum Gasteiger partial charge on any atom is 0.255 e. The molecular weight excluding hydrogens is 396 g/mol. The third-order valence-electron chi connectivity index (χ3n) is 5.89. The number of benzene rings is 2. The van der Waals surface area contributed by atoms with E-state index in [2.05, 4.69) is 5.32 Å². The van der Waals surface area contributed by atoms with Gasteiger partial charge in [-0.25, -0.2) is 0 Å². The van der Waals surface area contributed by atoms with Crippen molar-refractivity contribution in [3.63, 3.8) is 0 Å². The Morgan fingerprint density at radius 3 is 2.58 bits per heavy atom. The van der Waals surface area contributed by atoms with Gasteiger partial charge in [-0.15, -0.1) is 0 Å². The maximum absolute atomic E-state index is 13.0. The van der Waals surface area contributed by atoms with Gasteiger partial charge in [-0.1, -0.05) is 25.1 Å². The summed E-state index contributed by atoms with van der Waals surface area (Å²) in [5, 5.41) is 2.81. The first-order valence-corrected chi connectivity index (χ1v) is 10.1. The minimum atomic E-state index is -0.389. The van der Waals surface area contributed by atoms with Gasteiger partial charge in [0.2, 0.25) is 11.8 Å². The van der Waals surface area contributed by atoms with E-state index in [0.717, 1.165) is 0 Å². The zero-order chi connectivity index (χ0) is 22.1. The Balaban J connectivity index is 1.60.